The molecule has 1 fully saturated rings. The number of nitriles is 1. The van der Waals surface area contributed by atoms with Gasteiger partial charge in [-0.2, -0.15) is 5.26 Å². The topological polar surface area (TPSA) is 69.2 Å². The lowest BCUT2D eigenvalue weighted by molar-refractivity contribution is 0.648. The third-order valence-corrected chi connectivity index (χ3v) is 4.45. The van der Waals surface area contributed by atoms with Gasteiger partial charge in [-0.15, -0.1) is 0 Å². The van der Waals surface area contributed by atoms with E-state index in [1.54, 1.807) is 0 Å². The lowest BCUT2D eigenvalue weighted by Gasteiger charge is -2.36. The van der Waals surface area contributed by atoms with Crippen LogP contribution in [0.3, 0.4) is 0 Å². The molecule has 1 aromatic carbocycles. The highest BCUT2D eigenvalue weighted by atomic mass is 32.1. The van der Waals surface area contributed by atoms with E-state index in [2.05, 4.69) is 52.0 Å². The van der Waals surface area contributed by atoms with Crippen molar-refractivity contribution >= 4 is 28.0 Å². The van der Waals surface area contributed by atoms with Gasteiger partial charge in [0.2, 0.25) is 0 Å². The molecule has 0 atom stereocenters. The molecular weight excluding hydrogens is 282 g/mol. The van der Waals surface area contributed by atoms with Gasteiger partial charge < -0.3 is 15.5 Å². The van der Waals surface area contributed by atoms with Crippen LogP contribution in [-0.2, 0) is 0 Å². The van der Waals surface area contributed by atoms with E-state index in [4.69, 9.17) is 11.0 Å². The number of hydrogen-bond acceptors (Lipinski definition) is 6. The third-order valence-electron chi connectivity index (χ3n) is 3.67. The Labute approximate surface area is 128 Å². The first-order valence-corrected chi connectivity index (χ1v) is 7.72. The van der Waals surface area contributed by atoms with Crippen molar-refractivity contribution in [1.82, 2.24) is 4.98 Å². The van der Waals surface area contributed by atoms with E-state index in [0.717, 1.165) is 32.0 Å². The number of nitrogens with zero attached hydrogens (tertiary/aromatic N) is 4. The van der Waals surface area contributed by atoms with Crippen molar-refractivity contribution < 1.29 is 0 Å². The van der Waals surface area contributed by atoms with Gasteiger partial charge in [0.1, 0.15) is 6.07 Å². The normalized spacial score (nSPS) is 15.0. The van der Waals surface area contributed by atoms with Crippen molar-refractivity contribution in [3.05, 3.63) is 34.7 Å². The Kier molecular flexibility index (Phi) is 3.67. The summed E-state index contributed by atoms with van der Waals surface area (Å²) in [4.78, 5) is 9.42. The summed E-state index contributed by atoms with van der Waals surface area (Å²) in [5.41, 5.74) is 8.25. The minimum atomic E-state index is 0.461. The Morgan fingerprint density at radius 1 is 1.24 bits per heavy atom. The zero-order chi connectivity index (χ0) is 14.8. The lowest BCUT2D eigenvalue weighted by Crippen LogP contribution is -2.46. The van der Waals surface area contributed by atoms with Gasteiger partial charge in [0.15, 0.2) is 15.8 Å². The Bertz CT molecular complexity index is 680. The number of piperazine rings is 1. The van der Waals surface area contributed by atoms with Crippen molar-refractivity contribution in [3.63, 3.8) is 0 Å². The Balaban J connectivity index is 1.72. The Hall–Kier alpha value is -2.26. The quantitative estimate of drug-likeness (QED) is 0.921. The fourth-order valence-electron chi connectivity index (χ4n) is 2.62. The molecule has 0 radical (unpaired) electrons. The number of hydrogen-bond donors (Lipinski definition) is 1. The second-order valence-electron chi connectivity index (χ2n) is 5.13. The number of benzene rings is 1. The van der Waals surface area contributed by atoms with Crippen molar-refractivity contribution in [1.29, 1.82) is 5.26 Å². The summed E-state index contributed by atoms with van der Waals surface area (Å²) in [5, 5.41) is 9.61. The standard InChI is InChI=1S/C15H17N5S/c1-11-3-2-4-12(9-11)19-5-7-20(8-6-19)14-13(10-16)21-15(17)18-14/h2-4,9H,5-8H2,1H3,(H2,17,18). The summed E-state index contributed by atoms with van der Waals surface area (Å²) in [7, 11) is 0. The number of aromatic nitrogens is 1. The molecule has 3 rings (SSSR count). The van der Waals surface area contributed by atoms with E-state index in [0.29, 0.717) is 10.0 Å². The largest absolute Gasteiger partial charge is 0.375 e. The first kappa shape index (κ1) is 13.7. The van der Waals surface area contributed by atoms with Crippen molar-refractivity contribution in [2.24, 2.45) is 0 Å². The summed E-state index contributed by atoms with van der Waals surface area (Å²) in [5.74, 6) is 0.740. The van der Waals surface area contributed by atoms with Gasteiger partial charge in [-0.05, 0) is 24.6 Å². The van der Waals surface area contributed by atoms with Crippen LogP contribution in [0.15, 0.2) is 24.3 Å². The summed E-state index contributed by atoms with van der Waals surface area (Å²) in [6, 6.07) is 10.7. The minimum absolute atomic E-state index is 0.461. The zero-order valence-electron chi connectivity index (χ0n) is 11.9. The predicted octanol–water partition coefficient (Wildman–Crippen LogP) is 2.23. The molecule has 5 nitrogen and oxygen atoms in total. The first-order chi connectivity index (χ1) is 10.2. The van der Waals surface area contributed by atoms with E-state index >= 15 is 0 Å². The molecule has 0 unspecified atom stereocenters. The van der Waals surface area contributed by atoms with Crippen LogP contribution in [-0.4, -0.2) is 31.2 Å². The molecule has 0 spiro atoms. The van der Waals surface area contributed by atoms with Crippen molar-refractivity contribution in [2.45, 2.75) is 6.92 Å². The van der Waals surface area contributed by atoms with Crippen molar-refractivity contribution in [2.75, 3.05) is 41.7 Å². The molecule has 1 saturated heterocycles. The van der Waals surface area contributed by atoms with E-state index in [1.165, 1.54) is 22.6 Å². The van der Waals surface area contributed by atoms with Crippen LogP contribution in [0.4, 0.5) is 16.6 Å². The summed E-state index contributed by atoms with van der Waals surface area (Å²) < 4.78 is 0. The van der Waals surface area contributed by atoms with Crippen LogP contribution in [0.5, 0.6) is 0 Å². The Morgan fingerprint density at radius 3 is 2.62 bits per heavy atom. The second kappa shape index (κ2) is 5.62. The SMILES string of the molecule is Cc1cccc(N2CCN(c3nc(N)sc3C#N)CC2)c1. The van der Waals surface area contributed by atoms with E-state index in [-0.39, 0.29) is 0 Å². The maximum atomic E-state index is 9.15. The third kappa shape index (κ3) is 2.78. The van der Waals surface area contributed by atoms with Gasteiger partial charge in [0.25, 0.3) is 0 Å². The van der Waals surface area contributed by atoms with E-state index in [9.17, 15) is 0 Å². The molecule has 2 aromatic rings. The highest BCUT2D eigenvalue weighted by Crippen LogP contribution is 2.28. The molecule has 6 heteroatoms. The van der Waals surface area contributed by atoms with E-state index < -0.39 is 0 Å². The number of aryl methyl sites for hydroxylation is 1. The van der Waals surface area contributed by atoms with Gasteiger partial charge in [-0.25, -0.2) is 4.98 Å². The first-order valence-electron chi connectivity index (χ1n) is 6.90. The van der Waals surface area contributed by atoms with Gasteiger partial charge in [-0.3, -0.25) is 0 Å². The fraction of sp³-hybridized carbons (Fsp3) is 0.333. The average molecular weight is 299 g/mol. The lowest BCUT2D eigenvalue weighted by atomic mass is 10.2. The van der Waals surface area contributed by atoms with Crippen LogP contribution >= 0.6 is 11.3 Å². The van der Waals surface area contributed by atoms with Crippen LogP contribution < -0.4 is 15.5 Å². The number of nitrogen functional groups attached to an aromatic ring is 1. The molecule has 1 aliphatic rings. The summed E-state index contributed by atoms with van der Waals surface area (Å²) in [6.07, 6.45) is 0. The number of anilines is 3. The average Bonchev–Trinajstić information content (AvgIpc) is 2.88. The molecule has 0 saturated carbocycles. The maximum Gasteiger partial charge on any atom is 0.183 e. The van der Waals surface area contributed by atoms with Crippen LogP contribution in [0.1, 0.15) is 10.4 Å². The smallest absolute Gasteiger partial charge is 0.183 e. The van der Waals surface area contributed by atoms with E-state index in [1.807, 2.05) is 0 Å². The predicted molar refractivity (Wildman–Crippen MR) is 86.8 cm³/mol. The minimum Gasteiger partial charge on any atom is -0.375 e. The molecular formula is C15H17N5S. The Morgan fingerprint density at radius 2 is 1.95 bits per heavy atom. The van der Waals surface area contributed by atoms with Crippen LogP contribution in [0, 0.1) is 18.3 Å². The molecule has 0 amide bonds. The summed E-state index contributed by atoms with van der Waals surface area (Å²) in [6.45, 7) is 5.66. The second-order valence-corrected chi connectivity index (χ2v) is 6.16. The summed E-state index contributed by atoms with van der Waals surface area (Å²) >= 11 is 1.26. The van der Waals surface area contributed by atoms with Crippen LogP contribution in [0.2, 0.25) is 0 Å². The number of thiazole rings is 1. The van der Waals surface area contributed by atoms with Gasteiger partial charge in [0.05, 0.1) is 0 Å². The molecule has 21 heavy (non-hydrogen) atoms. The van der Waals surface area contributed by atoms with Gasteiger partial charge in [0, 0.05) is 31.9 Å². The molecule has 0 aliphatic carbocycles. The molecule has 2 heterocycles. The number of nitrogens with two attached hydrogens (primary N) is 1. The molecule has 1 aliphatic heterocycles. The highest BCUT2D eigenvalue weighted by molar-refractivity contribution is 7.16. The fourth-order valence-corrected chi connectivity index (χ4v) is 3.27. The van der Waals surface area contributed by atoms with Gasteiger partial charge >= 0.3 is 0 Å². The molecule has 1 aromatic heterocycles. The van der Waals surface area contributed by atoms with Crippen molar-refractivity contribution in [3.8, 4) is 6.07 Å². The van der Waals surface area contributed by atoms with Gasteiger partial charge in [-0.1, -0.05) is 23.5 Å². The highest BCUT2D eigenvalue weighted by Gasteiger charge is 2.22. The van der Waals surface area contributed by atoms with Crippen LogP contribution in [0.25, 0.3) is 0 Å². The maximum absolute atomic E-state index is 9.15. The monoisotopic (exact) mass is 299 g/mol. The zero-order valence-corrected chi connectivity index (χ0v) is 12.7. The molecule has 0 bridgehead atoms. The number of rotatable bonds is 2. The molecule has 2 N–H and O–H groups in total. The molecule has 108 valence electrons.